The van der Waals surface area contributed by atoms with E-state index in [4.69, 9.17) is 11.6 Å². The second kappa shape index (κ2) is 7.55. The number of rotatable bonds is 6. The van der Waals surface area contributed by atoms with Crippen LogP contribution in [-0.2, 0) is 15.8 Å². The lowest BCUT2D eigenvalue weighted by atomic mass is 10.3. The first-order valence-corrected chi connectivity index (χ1v) is 9.29. The molecule has 2 amide bonds. The van der Waals surface area contributed by atoms with E-state index in [0.29, 0.717) is 0 Å². The summed E-state index contributed by atoms with van der Waals surface area (Å²) in [5.41, 5.74) is -0.876. The quantitative estimate of drug-likeness (QED) is 0.723. The standard InChI is InChI=1S/C15H15ClF3N5O2S/c1-23(6-11(25)20-9-2-3-9)12(26)7-27-14-22-21-13-10(16)4-8(5-24(13)14)15(17,18)19/h4-5,9H,2-3,6-7H2,1H3,(H,20,25). The summed E-state index contributed by atoms with van der Waals surface area (Å²) in [5.74, 6) is -0.712. The number of nitrogens with one attached hydrogen (secondary N) is 1. The van der Waals surface area contributed by atoms with Crippen LogP contribution in [0.25, 0.3) is 5.65 Å². The van der Waals surface area contributed by atoms with E-state index in [9.17, 15) is 22.8 Å². The molecular formula is C15H15ClF3N5O2S. The summed E-state index contributed by atoms with van der Waals surface area (Å²) in [7, 11) is 1.48. The third-order valence-corrected chi connectivity index (χ3v) is 5.04. The first-order valence-electron chi connectivity index (χ1n) is 7.92. The number of hydrogen-bond donors (Lipinski definition) is 1. The fourth-order valence-electron chi connectivity index (χ4n) is 2.23. The zero-order chi connectivity index (χ0) is 19.8. The van der Waals surface area contributed by atoms with Crippen LogP contribution >= 0.6 is 23.4 Å². The van der Waals surface area contributed by atoms with Crippen molar-refractivity contribution in [3.63, 3.8) is 0 Å². The molecule has 2 aromatic rings. The predicted octanol–water partition coefficient (Wildman–Crippen LogP) is 2.23. The Labute approximate surface area is 161 Å². The van der Waals surface area contributed by atoms with Gasteiger partial charge in [0, 0.05) is 19.3 Å². The summed E-state index contributed by atoms with van der Waals surface area (Å²) in [5, 5.41) is 10.2. The first-order chi connectivity index (χ1) is 12.6. The van der Waals surface area contributed by atoms with Crippen molar-refractivity contribution >= 4 is 40.8 Å². The average Bonchev–Trinajstić information content (AvgIpc) is 3.28. The van der Waals surface area contributed by atoms with E-state index < -0.39 is 11.7 Å². The zero-order valence-corrected chi connectivity index (χ0v) is 15.7. The summed E-state index contributed by atoms with van der Waals surface area (Å²) in [6.45, 7) is -0.0828. The molecule has 2 heterocycles. The molecule has 0 bridgehead atoms. The van der Waals surface area contributed by atoms with Crippen LogP contribution in [0.4, 0.5) is 13.2 Å². The van der Waals surface area contributed by atoms with Crippen molar-refractivity contribution in [2.45, 2.75) is 30.2 Å². The van der Waals surface area contributed by atoms with Gasteiger partial charge in [-0.2, -0.15) is 13.2 Å². The fraction of sp³-hybridized carbons (Fsp3) is 0.467. The van der Waals surface area contributed by atoms with Gasteiger partial charge in [0.25, 0.3) is 0 Å². The smallest absolute Gasteiger partial charge is 0.352 e. The molecule has 146 valence electrons. The van der Waals surface area contributed by atoms with Crippen LogP contribution in [0.3, 0.4) is 0 Å². The molecule has 0 unspecified atom stereocenters. The Hall–Kier alpha value is -2.01. The van der Waals surface area contributed by atoms with Crippen molar-refractivity contribution in [3.05, 3.63) is 22.8 Å². The van der Waals surface area contributed by atoms with E-state index in [0.717, 1.165) is 41.3 Å². The summed E-state index contributed by atoms with van der Waals surface area (Å²) in [6, 6.07) is 0.975. The van der Waals surface area contributed by atoms with Gasteiger partial charge >= 0.3 is 6.18 Å². The normalized spacial score (nSPS) is 14.4. The largest absolute Gasteiger partial charge is 0.417 e. The molecule has 0 aliphatic heterocycles. The Morgan fingerprint density at radius 2 is 2.11 bits per heavy atom. The summed E-state index contributed by atoms with van der Waals surface area (Å²) in [4.78, 5) is 25.1. The molecule has 0 spiro atoms. The number of halogens is 4. The number of fused-ring (bicyclic) bond motifs is 1. The molecule has 2 aromatic heterocycles. The average molecular weight is 422 g/mol. The van der Waals surface area contributed by atoms with Gasteiger partial charge in [-0.1, -0.05) is 23.4 Å². The number of carbonyl (C=O) groups is 2. The molecule has 0 saturated heterocycles. The number of aromatic nitrogens is 3. The van der Waals surface area contributed by atoms with Crippen molar-refractivity contribution in [2.75, 3.05) is 19.3 Å². The van der Waals surface area contributed by atoms with Crippen LogP contribution in [0.15, 0.2) is 17.4 Å². The van der Waals surface area contributed by atoms with Gasteiger partial charge in [-0.25, -0.2) is 0 Å². The highest BCUT2D eigenvalue weighted by Gasteiger charge is 2.32. The van der Waals surface area contributed by atoms with Crippen LogP contribution in [0, 0.1) is 0 Å². The topological polar surface area (TPSA) is 79.6 Å². The van der Waals surface area contributed by atoms with Crippen molar-refractivity contribution < 1.29 is 22.8 Å². The SMILES string of the molecule is CN(CC(=O)NC1CC1)C(=O)CSc1nnc2c(Cl)cc(C(F)(F)F)cn12. The van der Waals surface area contributed by atoms with Crippen molar-refractivity contribution in [3.8, 4) is 0 Å². The van der Waals surface area contributed by atoms with E-state index in [1.807, 2.05) is 0 Å². The van der Waals surface area contributed by atoms with Gasteiger partial charge in [-0.3, -0.25) is 14.0 Å². The van der Waals surface area contributed by atoms with Gasteiger partial charge in [0.2, 0.25) is 11.8 Å². The number of nitrogens with zero attached hydrogens (tertiary/aromatic N) is 4. The molecule has 1 aliphatic rings. The summed E-state index contributed by atoms with van der Waals surface area (Å²) in [6.07, 6.45) is -1.85. The van der Waals surface area contributed by atoms with E-state index in [1.54, 1.807) is 0 Å². The van der Waals surface area contributed by atoms with Crippen LogP contribution in [-0.4, -0.2) is 56.7 Å². The molecular weight excluding hydrogens is 407 g/mol. The van der Waals surface area contributed by atoms with Crippen LogP contribution in [0.1, 0.15) is 18.4 Å². The second-order valence-electron chi connectivity index (χ2n) is 6.13. The molecule has 1 saturated carbocycles. The predicted molar refractivity (Wildman–Crippen MR) is 92.5 cm³/mol. The minimum absolute atomic E-state index is 0.0665. The van der Waals surface area contributed by atoms with Crippen molar-refractivity contribution in [1.82, 2.24) is 24.8 Å². The van der Waals surface area contributed by atoms with E-state index in [1.165, 1.54) is 11.9 Å². The summed E-state index contributed by atoms with van der Waals surface area (Å²) < 4.78 is 40.0. The van der Waals surface area contributed by atoms with E-state index in [2.05, 4.69) is 15.5 Å². The van der Waals surface area contributed by atoms with E-state index >= 15 is 0 Å². The van der Waals surface area contributed by atoms with Gasteiger partial charge in [0.05, 0.1) is 22.9 Å². The molecule has 1 aliphatic carbocycles. The fourth-order valence-corrected chi connectivity index (χ4v) is 3.32. The highest BCUT2D eigenvalue weighted by molar-refractivity contribution is 7.99. The first kappa shape index (κ1) is 19.7. The molecule has 7 nitrogen and oxygen atoms in total. The summed E-state index contributed by atoms with van der Waals surface area (Å²) >= 11 is 6.76. The Kier molecular flexibility index (Phi) is 5.52. The lowest BCUT2D eigenvalue weighted by molar-refractivity contribution is -0.138. The van der Waals surface area contributed by atoms with Crippen LogP contribution in [0.5, 0.6) is 0 Å². The van der Waals surface area contributed by atoms with Crippen LogP contribution in [0.2, 0.25) is 5.02 Å². The molecule has 0 aromatic carbocycles. The molecule has 0 atom stereocenters. The number of amides is 2. The number of hydrogen-bond acceptors (Lipinski definition) is 5. The van der Waals surface area contributed by atoms with Gasteiger partial charge in [-0.05, 0) is 18.9 Å². The highest BCUT2D eigenvalue weighted by atomic mass is 35.5. The Morgan fingerprint density at radius 1 is 1.41 bits per heavy atom. The van der Waals surface area contributed by atoms with Gasteiger partial charge in [-0.15, -0.1) is 10.2 Å². The number of likely N-dealkylation sites (N-methyl/N-ethyl adjacent to an activating group) is 1. The number of thioether (sulfide) groups is 1. The Bertz CT molecular complexity index is 884. The Morgan fingerprint density at radius 3 is 2.74 bits per heavy atom. The van der Waals surface area contributed by atoms with Crippen molar-refractivity contribution in [2.24, 2.45) is 0 Å². The van der Waals surface area contributed by atoms with Gasteiger partial charge < -0.3 is 10.2 Å². The van der Waals surface area contributed by atoms with Gasteiger partial charge in [0.1, 0.15) is 0 Å². The van der Waals surface area contributed by atoms with E-state index in [-0.39, 0.29) is 46.0 Å². The minimum atomic E-state index is -4.57. The number of alkyl halides is 3. The maximum atomic E-state index is 13.0. The van der Waals surface area contributed by atoms with Crippen molar-refractivity contribution in [1.29, 1.82) is 0 Å². The molecule has 3 rings (SSSR count). The third-order valence-electron chi connectivity index (χ3n) is 3.83. The highest BCUT2D eigenvalue weighted by Crippen LogP contribution is 2.33. The van der Waals surface area contributed by atoms with Crippen LogP contribution < -0.4 is 5.32 Å². The Balaban J connectivity index is 1.66. The molecule has 1 fully saturated rings. The molecule has 12 heteroatoms. The second-order valence-corrected chi connectivity index (χ2v) is 7.48. The molecule has 27 heavy (non-hydrogen) atoms. The number of pyridine rings is 1. The lowest BCUT2D eigenvalue weighted by Gasteiger charge is -2.16. The lowest BCUT2D eigenvalue weighted by Crippen LogP contribution is -2.39. The zero-order valence-electron chi connectivity index (χ0n) is 14.1. The maximum absolute atomic E-state index is 13.0. The van der Waals surface area contributed by atoms with Gasteiger partial charge in [0.15, 0.2) is 10.8 Å². The number of carbonyl (C=O) groups excluding carboxylic acids is 2. The monoisotopic (exact) mass is 421 g/mol. The minimum Gasteiger partial charge on any atom is -0.352 e. The molecule has 1 N–H and O–H groups in total. The maximum Gasteiger partial charge on any atom is 0.417 e. The molecule has 0 radical (unpaired) electrons. The third kappa shape index (κ3) is 4.83.